The van der Waals surface area contributed by atoms with Gasteiger partial charge in [0.1, 0.15) is 5.75 Å². The second kappa shape index (κ2) is 5.56. The molecule has 3 rings (SSSR count). The summed E-state index contributed by atoms with van der Waals surface area (Å²) in [5, 5.41) is 11.0. The summed E-state index contributed by atoms with van der Waals surface area (Å²) in [6.07, 6.45) is 1.70. The molecule has 0 amide bonds. The molecule has 0 fully saturated rings. The highest BCUT2D eigenvalue weighted by Gasteiger charge is 2.10. The molecule has 0 radical (unpaired) electrons. The van der Waals surface area contributed by atoms with Gasteiger partial charge in [-0.1, -0.05) is 18.2 Å². The molecule has 2 aromatic carbocycles. The van der Waals surface area contributed by atoms with E-state index in [-0.39, 0.29) is 5.88 Å². The predicted octanol–water partition coefficient (Wildman–Crippen LogP) is 4.25. The second-order valence-electron chi connectivity index (χ2n) is 5.30. The maximum Gasteiger partial charge on any atom is 0.198 e. The number of aryl methyl sites for hydroxylation is 2. The highest BCUT2D eigenvalue weighted by molar-refractivity contribution is 6.03. The first-order chi connectivity index (χ1) is 10.6. The summed E-state index contributed by atoms with van der Waals surface area (Å²) >= 11 is 0. The lowest BCUT2D eigenvalue weighted by atomic mass is 10.1. The van der Waals surface area contributed by atoms with E-state index in [4.69, 9.17) is 4.74 Å². The largest absolute Gasteiger partial charge is 0.497 e. The van der Waals surface area contributed by atoms with E-state index in [9.17, 15) is 5.11 Å². The molecule has 2 N–H and O–H groups in total. The summed E-state index contributed by atoms with van der Waals surface area (Å²) in [7, 11) is 1.62. The van der Waals surface area contributed by atoms with Crippen LogP contribution in [0.1, 0.15) is 16.7 Å². The van der Waals surface area contributed by atoms with E-state index in [1.807, 2.05) is 50.2 Å². The Bertz CT molecular complexity index is 843. The number of benzene rings is 2. The Morgan fingerprint density at radius 3 is 2.55 bits per heavy atom. The van der Waals surface area contributed by atoms with Gasteiger partial charge >= 0.3 is 0 Å². The molecule has 0 atom stereocenters. The van der Waals surface area contributed by atoms with Crippen molar-refractivity contribution in [3.8, 4) is 11.6 Å². The van der Waals surface area contributed by atoms with Crippen molar-refractivity contribution >= 4 is 22.8 Å². The number of fused-ring (bicyclic) bond motifs is 1. The van der Waals surface area contributed by atoms with E-state index in [0.717, 1.165) is 33.5 Å². The molecule has 0 bridgehead atoms. The number of rotatable bonds is 3. The lowest BCUT2D eigenvalue weighted by Crippen LogP contribution is -1.85. The Kier molecular flexibility index (Phi) is 3.59. The summed E-state index contributed by atoms with van der Waals surface area (Å²) in [4.78, 5) is 7.52. The van der Waals surface area contributed by atoms with Crippen LogP contribution >= 0.6 is 0 Å². The molecule has 1 aromatic heterocycles. The van der Waals surface area contributed by atoms with Crippen molar-refractivity contribution in [1.29, 1.82) is 0 Å². The van der Waals surface area contributed by atoms with Crippen LogP contribution in [0.15, 0.2) is 41.4 Å². The van der Waals surface area contributed by atoms with Crippen LogP contribution in [0.3, 0.4) is 0 Å². The van der Waals surface area contributed by atoms with Gasteiger partial charge in [0.2, 0.25) is 0 Å². The Morgan fingerprint density at radius 1 is 1.14 bits per heavy atom. The van der Waals surface area contributed by atoms with Gasteiger partial charge in [-0.2, -0.15) is 0 Å². The third-order valence-corrected chi connectivity index (χ3v) is 3.79. The Morgan fingerprint density at radius 2 is 1.86 bits per heavy atom. The number of nitrogens with one attached hydrogen (secondary N) is 1. The van der Waals surface area contributed by atoms with E-state index in [0.29, 0.717) is 5.56 Å². The van der Waals surface area contributed by atoms with Crippen molar-refractivity contribution in [3.63, 3.8) is 0 Å². The second-order valence-corrected chi connectivity index (χ2v) is 5.30. The number of hydrogen-bond acceptors (Lipinski definition) is 3. The minimum Gasteiger partial charge on any atom is -0.497 e. The summed E-state index contributed by atoms with van der Waals surface area (Å²) in [5.41, 5.74) is 4.65. The quantitative estimate of drug-likeness (QED) is 0.709. The lowest BCUT2D eigenvalue weighted by molar-refractivity contribution is 0.415. The molecule has 0 aliphatic carbocycles. The van der Waals surface area contributed by atoms with Gasteiger partial charge in [-0.15, -0.1) is 0 Å². The van der Waals surface area contributed by atoms with Gasteiger partial charge in [-0.25, -0.2) is 0 Å². The summed E-state index contributed by atoms with van der Waals surface area (Å²) in [5.74, 6) is 0.853. The number of H-pyrrole nitrogens is 1. The topological polar surface area (TPSA) is 57.6 Å². The number of aromatic nitrogens is 1. The molecular formula is C18H18N2O2. The molecule has 1 heterocycles. The van der Waals surface area contributed by atoms with Crippen LogP contribution in [0.25, 0.3) is 10.9 Å². The first-order valence-corrected chi connectivity index (χ1v) is 7.09. The first-order valence-electron chi connectivity index (χ1n) is 7.09. The van der Waals surface area contributed by atoms with E-state index in [1.165, 1.54) is 0 Å². The molecule has 22 heavy (non-hydrogen) atoms. The normalized spacial score (nSPS) is 11.4. The molecular weight excluding hydrogens is 276 g/mol. The van der Waals surface area contributed by atoms with Gasteiger partial charge in [0, 0.05) is 17.1 Å². The molecule has 3 aromatic rings. The van der Waals surface area contributed by atoms with Gasteiger partial charge in [0.05, 0.1) is 18.4 Å². The van der Waals surface area contributed by atoms with Crippen molar-refractivity contribution in [3.05, 3.63) is 53.1 Å². The van der Waals surface area contributed by atoms with Crippen LogP contribution < -0.4 is 4.74 Å². The Hall–Kier alpha value is -2.75. The zero-order valence-electron chi connectivity index (χ0n) is 12.8. The maximum atomic E-state index is 10.1. The number of methoxy groups -OCH3 is 1. The minimum absolute atomic E-state index is 0.109. The van der Waals surface area contributed by atoms with Crippen molar-refractivity contribution in [2.75, 3.05) is 7.11 Å². The zero-order chi connectivity index (χ0) is 15.7. The SMILES string of the molecule is COc1ccc2[nH]c(O)c(C=Nc3c(C)cccc3C)c2c1. The van der Waals surface area contributed by atoms with Crippen molar-refractivity contribution in [1.82, 2.24) is 4.98 Å². The molecule has 0 unspecified atom stereocenters. The molecule has 0 saturated carbocycles. The van der Waals surface area contributed by atoms with Crippen LogP contribution in [0.5, 0.6) is 11.6 Å². The smallest absolute Gasteiger partial charge is 0.198 e. The Labute approximate surface area is 129 Å². The predicted molar refractivity (Wildman–Crippen MR) is 89.7 cm³/mol. The fourth-order valence-electron chi connectivity index (χ4n) is 2.57. The van der Waals surface area contributed by atoms with Crippen molar-refractivity contribution in [2.24, 2.45) is 4.99 Å². The highest BCUT2D eigenvalue weighted by atomic mass is 16.5. The first kappa shape index (κ1) is 14.2. The number of ether oxygens (including phenoxy) is 1. The number of aromatic hydroxyl groups is 1. The third kappa shape index (κ3) is 2.44. The van der Waals surface area contributed by atoms with Crippen LogP contribution in [0, 0.1) is 13.8 Å². The van der Waals surface area contributed by atoms with Gasteiger partial charge in [-0.3, -0.25) is 4.99 Å². The number of para-hydroxylation sites is 1. The number of hydrogen-bond donors (Lipinski definition) is 2. The lowest BCUT2D eigenvalue weighted by Gasteiger charge is -2.03. The molecule has 4 heteroatoms. The summed E-state index contributed by atoms with van der Waals surface area (Å²) in [6, 6.07) is 11.7. The summed E-state index contributed by atoms with van der Waals surface area (Å²) in [6.45, 7) is 4.05. The minimum atomic E-state index is 0.109. The van der Waals surface area contributed by atoms with Gasteiger partial charge in [0.15, 0.2) is 5.88 Å². The van der Waals surface area contributed by atoms with E-state index >= 15 is 0 Å². The molecule has 112 valence electrons. The maximum absolute atomic E-state index is 10.1. The molecule has 0 aliphatic heterocycles. The molecule has 0 saturated heterocycles. The van der Waals surface area contributed by atoms with E-state index in [1.54, 1.807) is 13.3 Å². The summed E-state index contributed by atoms with van der Waals surface area (Å²) < 4.78 is 5.25. The number of nitrogens with zero attached hydrogens (tertiary/aromatic N) is 1. The van der Waals surface area contributed by atoms with E-state index < -0.39 is 0 Å². The molecule has 4 nitrogen and oxygen atoms in total. The average molecular weight is 294 g/mol. The van der Waals surface area contributed by atoms with Crippen LogP contribution in [-0.4, -0.2) is 23.4 Å². The van der Waals surface area contributed by atoms with Crippen molar-refractivity contribution < 1.29 is 9.84 Å². The third-order valence-electron chi connectivity index (χ3n) is 3.79. The van der Waals surface area contributed by atoms with Gasteiger partial charge in [-0.05, 0) is 43.2 Å². The highest BCUT2D eigenvalue weighted by Crippen LogP contribution is 2.30. The monoisotopic (exact) mass is 294 g/mol. The number of aliphatic imine (C=N–C) groups is 1. The van der Waals surface area contributed by atoms with Gasteiger partial charge < -0.3 is 14.8 Å². The molecule has 0 spiro atoms. The fraction of sp³-hybridized carbons (Fsp3) is 0.167. The van der Waals surface area contributed by atoms with Gasteiger partial charge in [0.25, 0.3) is 0 Å². The van der Waals surface area contributed by atoms with E-state index in [2.05, 4.69) is 9.98 Å². The fourth-order valence-corrected chi connectivity index (χ4v) is 2.57. The van der Waals surface area contributed by atoms with Crippen LogP contribution in [0.4, 0.5) is 5.69 Å². The van der Waals surface area contributed by atoms with Crippen LogP contribution in [0.2, 0.25) is 0 Å². The van der Waals surface area contributed by atoms with Crippen molar-refractivity contribution in [2.45, 2.75) is 13.8 Å². The standard InChI is InChI=1S/C18H18N2O2/c1-11-5-4-6-12(2)17(11)19-10-15-14-9-13(22-3)7-8-16(14)20-18(15)21/h4-10,20-21H,1-3H3. The Balaban J connectivity index is 2.10. The number of aromatic amines is 1. The molecule has 0 aliphatic rings. The average Bonchev–Trinajstić information content (AvgIpc) is 2.81. The zero-order valence-corrected chi connectivity index (χ0v) is 12.8. The van der Waals surface area contributed by atoms with Crippen LogP contribution in [-0.2, 0) is 0 Å².